The minimum atomic E-state index is -0.454. The summed E-state index contributed by atoms with van der Waals surface area (Å²) in [5.41, 5.74) is -0.231. The number of aldehydes is 1. The molecule has 19 heavy (non-hydrogen) atoms. The van der Waals surface area contributed by atoms with Gasteiger partial charge in [-0.1, -0.05) is 12.2 Å². The normalized spacial score (nSPS) is 61.4. The molecule has 4 bridgehead atoms. The van der Waals surface area contributed by atoms with Crippen molar-refractivity contribution in [2.45, 2.75) is 50.9 Å². The van der Waals surface area contributed by atoms with Gasteiger partial charge in [-0.3, -0.25) is 0 Å². The first-order chi connectivity index (χ1) is 8.97. The van der Waals surface area contributed by atoms with E-state index in [0.717, 1.165) is 19.1 Å². The standard InChI is InChI=1S/C16H22O3/c1-14(9-17)12(18-3)4-5-16-7-10-6-11(13(14)16)19-15(10,2)8-16/h4-5,9-13H,6-8H2,1-3H3/t10-,11+,12-,13+,14-,15+,16+/m1/s1. The lowest BCUT2D eigenvalue weighted by Gasteiger charge is -2.56. The average molecular weight is 262 g/mol. The van der Waals surface area contributed by atoms with Crippen molar-refractivity contribution < 1.29 is 14.3 Å². The van der Waals surface area contributed by atoms with E-state index in [2.05, 4.69) is 26.0 Å². The van der Waals surface area contributed by atoms with Crippen molar-refractivity contribution in [1.82, 2.24) is 0 Å². The predicted octanol–water partition coefficient (Wildman–Crippen LogP) is 2.35. The molecule has 2 aliphatic heterocycles. The SMILES string of the molecule is CO[C@@H]1C=C[C@]23C[C@H]4C[C@H](O[C@@]4(C)C2)[C@H]3[C@]1(C)C=O. The molecule has 0 aromatic heterocycles. The number of ether oxygens (including phenoxy) is 2. The number of methoxy groups -OCH3 is 1. The van der Waals surface area contributed by atoms with Crippen molar-refractivity contribution in [3.8, 4) is 0 Å². The largest absolute Gasteiger partial charge is 0.376 e. The Labute approximate surface area is 114 Å². The Balaban J connectivity index is 1.86. The first kappa shape index (κ1) is 12.1. The average Bonchev–Trinajstić information content (AvgIpc) is 2.72. The quantitative estimate of drug-likeness (QED) is 0.566. The van der Waals surface area contributed by atoms with E-state index >= 15 is 0 Å². The molecule has 2 saturated carbocycles. The Bertz CT molecular complexity index is 473. The zero-order chi connectivity index (χ0) is 13.5. The highest BCUT2D eigenvalue weighted by molar-refractivity contribution is 5.63. The molecule has 3 nitrogen and oxygen atoms in total. The Morgan fingerprint density at radius 3 is 2.84 bits per heavy atom. The van der Waals surface area contributed by atoms with Crippen LogP contribution in [-0.2, 0) is 14.3 Å². The molecule has 7 atom stereocenters. The number of hydrogen-bond acceptors (Lipinski definition) is 3. The van der Waals surface area contributed by atoms with E-state index in [0.29, 0.717) is 5.92 Å². The molecule has 0 aromatic carbocycles. The van der Waals surface area contributed by atoms with Gasteiger partial charge in [0.1, 0.15) is 6.29 Å². The monoisotopic (exact) mass is 262 g/mol. The maximum Gasteiger partial charge on any atom is 0.129 e. The summed E-state index contributed by atoms with van der Waals surface area (Å²) in [5.74, 6) is 0.952. The lowest BCUT2D eigenvalue weighted by Crippen LogP contribution is -2.58. The van der Waals surface area contributed by atoms with Crippen LogP contribution in [0.5, 0.6) is 0 Å². The van der Waals surface area contributed by atoms with Crippen LogP contribution in [0, 0.1) is 22.7 Å². The van der Waals surface area contributed by atoms with E-state index in [4.69, 9.17) is 9.47 Å². The zero-order valence-corrected chi connectivity index (χ0v) is 11.9. The molecular weight excluding hydrogens is 240 g/mol. The van der Waals surface area contributed by atoms with Gasteiger partial charge in [0.15, 0.2) is 0 Å². The second-order valence-electron chi connectivity index (χ2n) is 7.49. The number of hydrogen-bond donors (Lipinski definition) is 0. The molecule has 4 fully saturated rings. The van der Waals surface area contributed by atoms with Crippen molar-refractivity contribution in [2.75, 3.05) is 7.11 Å². The van der Waals surface area contributed by atoms with E-state index in [1.54, 1.807) is 7.11 Å². The topological polar surface area (TPSA) is 35.5 Å². The van der Waals surface area contributed by atoms with E-state index in [9.17, 15) is 4.79 Å². The van der Waals surface area contributed by atoms with Crippen LogP contribution in [0.25, 0.3) is 0 Å². The fourth-order valence-corrected chi connectivity index (χ4v) is 5.89. The van der Waals surface area contributed by atoms with Gasteiger partial charge in [-0.15, -0.1) is 0 Å². The van der Waals surface area contributed by atoms with Gasteiger partial charge in [0.2, 0.25) is 0 Å². The second kappa shape index (κ2) is 3.32. The van der Waals surface area contributed by atoms with Gasteiger partial charge in [0.05, 0.1) is 23.2 Å². The third-order valence-electron chi connectivity index (χ3n) is 6.49. The van der Waals surface area contributed by atoms with Crippen molar-refractivity contribution in [2.24, 2.45) is 22.7 Å². The van der Waals surface area contributed by atoms with Crippen molar-refractivity contribution in [3.63, 3.8) is 0 Å². The predicted molar refractivity (Wildman–Crippen MR) is 70.7 cm³/mol. The summed E-state index contributed by atoms with van der Waals surface area (Å²) in [6.45, 7) is 4.32. The van der Waals surface area contributed by atoms with E-state index < -0.39 is 5.41 Å². The summed E-state index contributed by atoms with van der Waals surface area (Å²) >= 11 is 0. The third kappa shape index (κ3) is 1.20. The number of carbonyl (C=O) groups excluding carboxylic acids is 1. The molecule has 0 radical (unpaired) electrons. The van der Waals surface area contributed by atoms with E-state index in [-0.39, 0.29) is 29.1 Å². The van der Waals surface area contributed by atoms with Crippen LogP contribution in [0.2, 0.25) is 0 Å². The van der Waals surface area contributed by atoms with Gasteiger partial charge in [-0.25, -0.2) is 0 Å². The van der Waals surface area contributed by atoms with Crippen LogP contribution in [0.15, 0.2) is 12.2 Å². The molecule has 1 spiro atoms. The van der Waals surface area contributed by atoms with Crippen LogP contribution < -0.4 is 0 Å². The molecule has 5 rings (SSSR count). The minimum absolute atomic E-state index is 0.0508. The van der Waals surface area contributed by atoms with Crippen LogP contribution >= 0.6 is 0 Å². The Morgan fingerprint density at radius 1 is 1.42 bits per heavy atom. The number of rotatable bonds is 2. The van der Waals surface area contributed by atoms with Crippen LogP contribution in [0.4, 0.5) is 0 Å². The molecule has 2 saturated heterocycles. The van der Waals surface area contributed by atoms with Crippen molar-refractivity contribution >= 4 is 6.29 Å². The maximum absolute atomic E-state index is 11.9. The molecule has 0 amide bonds. The van der Waals surface area contributed by atoms with Gasteiger partial charge in [0.25, 0.3) is 0 Å². The summed E-state index contributed by atoms with van der Waals surface area (Å²) in [4.78, 5) is 11.9. The zero-order valence-electron chi connectivity index (χ0n) is 11.9. The molecule has 0 aromatic rings. The summed E-state index contributed by atoms with van der Waals surface area (Å²) in [6.07, 6.45) is 9.09. The first-order valence-electron chi connectivity index (χ1n) is 7.34. The molecule has 2 heterocycles. The molecule has 5 aliphatic rings. The van der Waals surface area contributed by atoms with Crippen molar-refractivity contribution in [1.29, 1.82) is 0 Å². The number of allylic oxidation sites excluding steroid dienone is 1. The summed E-state index contributed by atoms with van der Waals surface area (Å²) in [5, 5.41) is 0. The highest BCUT2D eigenvalue weighted by atomic mass is 16.5. The van der Waals surface area contributed by atoms with E-state index in [1.165, 1.54) is 6.42 Å². The fourth-order valence-electron chi connectivity index (χ4n) is 5.89. The summed E-state index contributed by atoms with van der Waals surface area (Å²) in [7, 11) is 1.70. The lowest BCUT2D eigenvalue weighted by atomic mass is 9.52. The minimum Gasteiger partial charge on any atom is -0.376 e. The summed E-state index contributed by atoms with van der Waals surface area (Å²) < 4.78 is 11.9. The Morgan fingerprint density at radius 2 is 2.21 bits per heavy atom. The Hall–Kier alpha value is -0.670. The summed E-state index contributed by atoms with van der Waals surface area (Å²) in [6, 6.07) is 0. The highest BCUT2D eigenvalue weighted by Gasteiger charge is 2.71. The van der Waals surface area contributed by atoms with E-state index in [1.807, 2.05) is 0 Å². The molecule has 3 aliphatic carbocycles. The number of carbonyl (C=O) groups is 1. The smallest absolute Gasteiger partial charge is 0.129 e. The Kier molecular flexibility index (Phi) is 2.11. The molecule has 3 heteroatoms. The highest BCUT2D eigenvalue weighted by Crippen LogP contribution is 2.71. The fraction of sp³-hybridized carbons (Fsp3) is 0.812. The van der Waals surface area contributed by atoms with Gasteiger partial charge >= 0.3 is 0 Å². The molecule has 0 N–H and O–H groups in total. The van der Waals surface area contributed by atoms with Gasteiger partial charge in [0, 0.05) is 13.0 Å². The molecule has 0 unspecified atom stereocenters. The van der Waals surface area contributed by atoms with Crippen LogP contribution in [0.1, 0.15) is 33.1 Å². The maximum atomic E-state index is 11.9. The van der Waals surface area contributed by atoms with Gasteiger partial charge in [-0.05, 0) is 44.4 Å². The van der Waals surface area contributed by atoms with Gasteiger partial charge < -0.3 is 14.3 Å². The van der Waals surface area contributed by atoms with Crippen LogP contribution in [0.3, 0.4) is 0 Å². The molecule has 104 valence electrons. The molecular formula is C16H22O3. The van der Waals surface area contributed by atoms with Gasteiger partial charge in [-0.2, -0.15) is 0 Å². The first-order valence-corrected chi connectivity index (χ1v) is 7.34. The second-order valence-corrected chi connectivity index (χ2v) is 7.49. The van der Waals surface area contributed by atoms with Crippen molar-refractivity contribution in [3.05, 3.63) is 12.2 Å². The van der Waals surface area contributed by atoms with Crippen LogP contribution in [-0.4, -0.2) is 31.2 Å². The lowest BCUT2D eigenvalue weighted by molar-refractivity contribution is -0.180. The third-order valence-corrected chi connectivity index (χ3v) is 6.49.